The normalized spacial score (nSPS) is 12.5. The van der Waals surface area contributed by atoms with Crippen LogP contribution in [0.2, 0.25) is 0 Å². The second-order valence-corrected chi connectivity index (χ2v) is 7.50. The van der Waals surface area contributed by atoms with Crippen LogP contribution in [0.5, 0.6) is 0 Å². The zero-order valence-corrected chi connectivity index (χ0v) is 14.9. The van der Waals surface area contributed by atoms with Gasteiger partial charge in [0.05, 0.1) is 10.00 Å². The Labute approximate surface area is 153 Å². The molecule has 1 atom stereocenters. The highest BCUT2D eigenvalue weighted by molar-refractivity contribution is 8.01. The molecule has 2 nitrogen and oxygen atoms in total. The summed E-state index contributed by atoms with van der Waals surface area (Å²) in [5, 5.41) is -0.333. The minimum Gasteiger partial charge on any atom is -0.369 e. The van der Waals surface area contributed by atoms with Crippen LogP contribution in [-0.4, -0.2) is 11.2 Å². The first-order chi connectivity index (χ1) is 12.1. The molecular weight excluding hydrogens is 326 g/mol. The van der Waals surface area contributed by atoms with Crippen molar-refractivity contribution >= 4 is 17.7 Å². The number of rotatable bonds is 6. The Kier molecular flexibility index (Phi) is 5.25. The molecule has 0 saturated heterocycles. The summed E-state index contributed by atoms with van der Waals surface area (Å²) in [7, 11) is 0. The topological polar surface area (TPSA) is 43.1 Å². The highest BCUT2D eigenvalue weighted by Gasteiger charge is 2.39. The van der Waals surface area contributed by atoms with Gasteiger partial charge >= 0.3 is 0 Å². The molecule has 1 unspecified atom stereocenters. The number of hydrogen-bond acceptors (Lipinski definition) is 2. The monoisotopic (exact) mass is 347 g/mol. The van der Waals surface area contributed by atoms with Crippen molar-refractivity contribution in [2.24, 2.45) is 5.73 Å². The van der Waals surface area contributed by atoms with E-state index in [-0.39, 0.29) is 11.2 Å². The zero-order chi connectivity index (χ0) is 17.7. The van der Waals surface area contributed by atoms with Gasteiger partial charge in [0, 0.05) is 0 Å². The van der Waals surface area contributed by atoms with Crippen molar-refractivity contribution in [3.63, 3.8) is 0 Å². The minimum atomic E-state index is -0.502. The lowest BCUT2D eigenvalue weighted by atomic mass is 9.84. The molecule has 3 rings (SSSR count). The minimum absolute atomic E-state index is 0.308. The molecule has 0 fully saturated rings. The lowest BCUT2D eigenvalue weighted by Gasteiger charge is -2.36. The van der Waals surface area contributed by atoms with E-state index in [1.54, 1.807) is 11.8 Å². The molecule has 0 aromatic heterocycles. The van der Waals surface area contributed by atoms with Crippen LogP contribution in [0.4, 0.5) is 0 Å². The van der Waals surface area contributed by atoms with Gasteiger partial charge in [0.15, 0.2) is 0 Å². The maximum atomic E-state index is 11.9. The van der Waals surface area contributed by atoms with Crippen LogP contribution in [0.25, 0.3) is 0 Å². The number of amides is 1. The van der Waals surface area contributed by atoms with Gasteiger partial charge in [0.2, 0.25) is 5.91 Å². The third kappa shape index (κ3) is 3.47. The molecule has 3 aromatic carbocycles. The number of benzene rings is 3. The lowest BCUT2D eigenvalue weighted by molar-refractivity contribution is -0.117. The van der Waals surface area contributed by atoms with E-state index >= 15 is 0 Å². The van der Waals surface area contributed by atoms with E-state index in [0.29, 0.717) is 0 Å². The van der Waals surface area contributed by atoms with Crippen LogP contribution in [0.3, 0.4) is 0 Å². The third-order valence-corrected chi connectivity index (χ3v) is 5.94. The van der Waals surface area contributed by atoms with E-state index in [4.69, 9.17) is 5.73 Å². The lowest BCUT2D eigenvalue weighted by Crippen LogP contribution is -2.32. The molecule has 0 aliphatic heterocycles. The van der Waals surface area contributed by atoms with Crippen LogP contribution >= 0.6 is 11.8 Å². The molecule has 0 spiro atoms. The third-order valence-electron chi connectivity index (χ3n) is 4.30. The number of carbonyl (C=O) groups excluding carboxylic acids is 1. The van der Waals surface area contributed by atoms with Crippen LogP contribution in [0.1, 0.15) is 23.6 Å². The number of primary amides is 1. The second-order valence-electron chi connectivity index (χ2n) is 5.94. The second kappa shape index (κ2) is 7.58. The Morgan fingerprint density at radius 3 is 1.36 bits per heavy atom. The Bertz CT molecular complexity index is 722. The van der Waals surface area contributed by atoms with E-state index in [1.165, 1.54) is 0 Å². The number of hydrogen-bond donors (Lipinski definition) is 1. The standard InChI is InChI=1S/C22H21NOS/c1-17(21(23)24)25-22(18-11-5-2-6-12-18,19-13-7-3-8-14-19)20-15-9-4-10-16-20/h2-17H,1H3,(H2,23,24). The summed E-state index contributed by atoms with van der Waals surface area (Å²) in [6.07, 6.45) is 0. The van der Waals surface area contributed by atoms with Crippen LogP contribution in [0, 0.1) is 0 Å². The summed E-state index contributed by atoms with van der Waals surface area (Å²) in [6, 6.07) is 30.9. The quantitative estimate of drug-likeness (QED) is 0.663. The first-order valence-electron chi connectivity index (χ1n) is 8.28. The van der Waals surface area contributed by atoms with Gasteiger partial charge in [0.1, 0.15) is 0 Å². The van der Waals surface area contributed by atoms with Gasteiger partial charge in [-0.2, -0.15) is 0 Å². The molecule has 25 heavy (non-hydrogen) atoms. The van der Waals surface area contributed by atoms with E-state index in [2.05, 4.69) is 36.4 Å². The van der Waals surface area contributed by atoms with Crippen molar-refractivity contribution in [3.05, 3.63) is 108 Å². The van der Waals surface area contributed by atoms with Crippen molar-refractivity contribution in [1.82, 2.24) is 0 Å². The summed E-state index contributed by atoms with van der Waals surface area (Å²) < 4.78 is -0.502. The predicted octanol–water partition coefficient (Wildman–Crippen LogP) is 4.59. The van der Waals surface area contributed by atoms with E-state index in [1.807, 2.05) is 61.5 Å². The molecule has 126 valence electrons. The average molecular weight is 347 g/mol. The fourth-order valence-corrected chi connectivity index (χ4v) is 4.51. The van der Waals surface area contributed by atoms with Gasteiger partial charge in [-0.05, 0) is 23.6 Å². The molecule has 0 bridgehead atoms. The molecule has 3 aromatic rings. The number of thioether (sulfide) groups is 1. The van der Waals surface area contributed by atoms with E-state index in [0.717, 1.165) is 16.7 Å². The highest BCUT2D eigenvalue weighted by atomic mass is 32.2. The maximum absolute atomic E-state index is 11.9. The summed E-state index contributed by atoms with van der Waals surface area (Å²) in [4.78, 5) is 11.9. The molecular formula is C22H21NOS. The summed E-state index contributed by atoms with van der Waals surface area (Å²) >= 11 is 1.58. The molecule has 0 aliphatic rings. The zero-order valence-electron chi connectivity index (χ0n) is 14.1. The fraction of sp³-hybridized carbons (Fsp3) is 0.136. The van der Waals surface area contributed by atoms with Crippen molar-refractivity contribution in [2.45, 2.75) is 16.9 Å². The summed E-state index contributed by atoms with van der Waals surface area (Å²) in [6.45, 7) is 1.87. The fourth-order valence-electron chi connectivity index (χ4n) is 3.05. The molecule has 1 amide bonds. The molecule has 0 heterocycles. The largest absolute Gasteiger partial charge is 0.369 e. The Morgan fingerprint density at radius 1 is 0.760 bits per heavy atom. The van der Waals surface area contributed by atoms with Gasteiger partial charge < -0.3 is 5.73 Å². The smallest absolute Gasteiger partial charge is 0.230 e. The molecule has 0 saturated carbocycles. The van der Waals surface area contributed by atoms with Gasteiger partial charge in [-0.3, -0.25) is 4.79 Å². The molecule has 0 aliphatic carbocycles. The van der Waals surface area contributed by atoms with Crippen LogP contribution in [-0.2, 0) is 9.54 Å². The summed E-state index contributed by atoms with van der Waals surface area (Å²) in [5.74, 6) is -0.308. The highest BCUT2D eigenvalue weighted by Crippen LogP contribution is 2.49. The first-order valence-corrected chi connectivity index (χ1v) is 9.16. The van der Waals surface area contributed by atoms with Crippen LogP contribution in [0.15, 0.2) is 91.0 Å². The van der Waals surface area contributed by atoms with Crippen molar-refractivity contribution in [2.75, 3.05) is 0 Å². The number of nitrogens with two attached hydrogens (primary N) is 1. The van der Waals surface area contributed by atoms with Gasteiger partial charge in [-0.1, -0.05) is 91.0 Å². The summed E-state index contributed by atoms with van der Waals surface area (Å²) in [5.41, 5.74) is 9.01. The number of carbonyl (C=O) groups is 1. The average Bonchev–Trinajstić information content (AvgIpc) is 2.68. The van der Waals surface area contributed by atoms with Crippen molar-refractivity contribution in [3.8, 4) is 0 Å². The Balaban J connectivity index is 2.29. The molecule has 2 N–H and O–H groups in total. The Hall–Kier alpha value is -2.52. The maximum Gasteiger partial charge on any atom is 0.230 e. The van der Waals surface area contributed by atoms with Gasteiger partial charge in [-0.15, -0.1) is 11.8 Å². The van der Waals surface area contributed by atoms with Crippen molar-refractivity contribution < 1.29 is 4.79 Å². The Morgan fingerprint density at radius 2 is 1.08 bits per heavy atom. The van der Waals surface area contributed by atoms with Gasteiger partial charge in [0.25, 0.3) is 0 Å². The molecule has 3 heteroatoms. The van der Waals surface area contributed by atoms with E-state index < -0.39 is 4.75 Å². The SMILES string of the molecule is CC(SC(c1ccccc1)(c1ccccc1)c1ccccc1)C(N)=O. The van der Waals surface area contributed by atoms with E-state index in [9.17, 15) is 4.79 Å². The van der Waals surface area contributed by atoms with Crippen molar-refractivity contribution in [1.29, 1.82) is 0 Å². The predicted molar refractivity (Wildman–Crippen MR) is 105 cm³/mol. The molecule has 0 radical (unpaired) electrons. The van der Waals surface area contributed by atoms with Gasteiger partial charge in [-0.25, -0.2) is 0 Å². The van der Waals surface area contributed by atoms with Crippen LogP contribution < -0.4 is 5.73 Å². The first kappa shape index (κ1) is 17.3.